The molecule has 0 radical (unpaired) electrons. The minimum absolute atomic E-state index is 0.160. The predicted octanol–water partition coefficient (Wildman–Crippen LogP) is 1.66. The third-order valence-electron chi connectivity index (χ3n) is 1.25. The van der Waals surface area contributed by atoms with Gasteiger partial charge in [-0.3, -0.25) is 4.57 Å². The lowest BCUT2D eigenvalue weighted by Gasteiger charge is -2.16. The first-order valence-electron chi connectivity index (χ1n) is 4.23. The molecule has 8 heteroatoms. The molecule has 0 spiro atoms. The number of hydrogen-bond donors (Lipinski definition) is 1. The summed E-state index contributed by atoms with van der Waals surface area (Å²) < 4.78 is 34.6. The van der Waals surface area contributed by atoms with E-state index in [4.69, 9.17) is 19.7 Å². The van der Waals surface area contributed by atoms with Crippen LogP contribution >= 0.6 is 18.3 Å². The van der Waals surface area contributed by atoms with Crippen LogP contribution in [0.3, 0.4) is 0 Å². The Hall–Kier alpha value is 0.550. The molecule has 0 aliphatic heterocycles. The van der Waals surface area contributed by atoms with Crippen molar-refractivity contribution in [3.63, 3.8) is 0 Å². The number of hydrogen-bond acceptors (Lipinski definition) is 4. The van der Waals surface area contributed by atoms with Crippen LogP contribution in [0.4, 0.5) is 0 Å². The largest absolute Gasteiger partial charge is 0.331 e. The van der Waals surface area contributed by atoms with E-state index in [-0.39, 0.29) is 12.7 Å². The molecule has 5 nitrogen and oxygen atoms in total. The van der Waals surface area contributed by atoms with Gasteiger partial charge in [0.2, 0.25) is 0 Å². The molecule has 14 heavy (non-hydrogen) atoms. The molecule has 0 saturated carbocycles. The second-order valence-corrected chi connectivity index (χ2v) is 6.05. The van der Waals surface area contributed by atoms with Gasteiger partial charge < -0.3 is 9.05 Å². The third-order valence-corrected chi connectivity index (χ3v) is 4.09. The lowest BCUT2D eigenvalue weighted by molar-refractivity contribution is 0.220. The van der Waals surface area contributed by atoms with Crippen LogP contribution in [0.15, 0.2) is 0 Å². The van der Waals surface area contributed by atoms with E-state index in [1.807, 2.05) is 0 Å². The van der Waals surface area contributed by atoms with Crippen molar-refractivity contribution >= 4 is 28.5 Å². The predicted molar refractivity (Wildman–Crippen MR) is 57.7 cm³/mol. The SMILES string of the molecule is CCOP(=O)(CCNS(=O)Cl)OCC. The molecule has 0 bridgehead atoms. The van der Waals surface area contributed by atoms with E-state index >= 15 is 0 Å². The average Bonchev–Trinajstić information content (AvgIpc) is 2.03. The van der Waals surface area contributed by atoms with Crippen molar-refractivity contribution in [1.82, 2.24) is 4.72 Å². The summed E-state index contributed by atoms with van der Waals surface area (Å²) in [6.45, 7) is 4.34. The molecule has 0 amide bonds. The fourth-order valence-corrected chi connectivity index (χ4v) is 2.97. The standard InChI is InChI=1S/C6H15ClNO4PS/c1-3-11-13(9,12-4-2)6-5-8-14(7)10/h8H,3-6H2,1-2H3. The van der Waals surface area contributed by atoms with Crippen molar-refractivity contribution in [3.8, 4) is 0 Å². The summed E-state index contributed by atoms with van der Waals surface area (Å²) >= 11 is 0. The van der Waals surface area contributed by atoms with Crippen LogP contribution in [0.1, 0.15) is 13.8 Å². The first kappa shape index (κ1) is 14.6. The number of rotatable bonds is 8. The molecule has 1 atom stereocenters. The van der Waals surface area contributed by atoms with Crippen LogP contribution in [-0.2, 0) is 23.8 Å². The van der Waals surface area contributed by atoms with Gasteiger partial charge in [0.1, 0.15) is 0 Å². The summed E-state index contributed by atoms with van der Waals surface area (Å²) in [6.07, 6.45) is 0.160. The smallest absolute Gasteiger partial charge is 0.309 e. The normalized spacial score (nSPS) is 14.2. The Kier molecular flexibility index (Phi) is 8.10. The van der Waals surface area contributed by atoms with E-state index in [0.717, 1.165) is 0 Å². The first-order chi connectivity index (χ1) is 6.54. The van der Waals surface area contributed by atoms with E-state index in [0.29, 0.717) is 13.2 Å². The highest BCUT2D eigenvalue weighted by molar-refractivity contribution is 8.06. The van der Waals surface area contributed by atoms with E-state index in [1.165, 1.54) is 0 Å². The van der Waals surface area contributed by atoms with Crippen LogP contribution in [0.2, 0.25) is 0 Å². The second kappa shape index (κ2) is 7.79. The molecule has 0 aliphatic rings. The minimum atomic E-state index is -3.03. The molecular formula is C6H15ClNO4PS. The zero-order valence-corrected chi connectivity index (χ0v) is 10.7. The van der Waals surface area contributed by atoms with Gasteiger partial charge in [-0.25, -0.2) is 8.93 Å². The maximum atomic E-state index is 11.8. The fraction of sp³-hybridized carbons (Fsp3) is 1.00. The van der Waals surface area contributed by atoms with Gasteiger partial charge in [0.05, 0.1) is 19.4 Å². The Morgan fingerprint density at radius 1 is 1.36 bits per heavy atom. The molecule has 86 valence electrons. The van der Waals surface area contributed by atoms with Crippen LogP contribution < -0.4 is 4.72 Å². The highest BCUT2D eigenvalue weighted by Gasteiger charge is 2.22. The topological polar surface area (TPSA) is 64.6 Å². The second-order valence-electron chi connectivity index (χ2n) is 2.29. The Balaban J connectivity index is 3.96. The highest BCUT2D eigenvalue weighted by atomic mass is 35.7. The van der Waals surface area contributed by atoms with Crippen LogP contribution in [0.5, 0.6) is 0 Å². The van der Waals surface area contributed by atoms with Gasteiger partial charge in [-0.15, -0.1) is 0 Å². The minimum Gasteiger partial charge on any atom is -0.309 e. The summed E-state index contributed by atoms with van der Waals surface area (Å²) in [5.74, 6) is 0. The van der Waals surface area contributed by atoms with Crippen LogP contribution in [-0.4, -0.2) is 30.1 Å². The molecule has 1 N–H and O–H groups in total. The van der Waals surface area contributed by atoms with Gasteiger partial charge in [0.15, 0.2) is 10.2 Å². The van der Waals surface area contributed by atoms with Crippen molar-refractivity contribution in [2.75, 3.05) is 25.9 Å². The molecule has 0 aliphatic carbocycles. The third kappa shape index (κ3) is 6.92. The molecular weight excluding hydrogens is 249 g/mol. The first-order valence-corrected chi connectivity index (χ1v) is 7.94. The van der Waals surface area contributed by atoms with Gasteiger partial charge in [-0.1, -0.05) is 0 Å². The van der Waals surface area contributed by atoms with Crippen molar-refractivity contribution in [2.24, 2.45) is 0 Å². The van der Waals surface area contributed by atoms with Gasteiger partial charge >= 0.3 is 7.60 Å². The maximum Gasteiger partial charge on any atom is 0.331 e. The average molecular weight is 264 g/mol. The Morgan fingerprint density at radius 2 is 1.86 bits per heavy atom. The summed E-state index contributed by atoms with van der Waals surface area (Å²) in [7, 11) is 0.501. The van der Waals surface area contributed by atoms with Gasteiger partial charge in [-0.2, -0.15) is 0 Å². The monoisotopic (exact) mass is 263 g/mol. The highest BCUT2D eigenvalue weighted by Crippen LogP contribution is 2.47. The van der Waals surface area contributed by atoms with Crippen molar-refractivity contribution in [2.45, 2.75) is 13.8 Å². The molecule has 0 saturated heterocycles. The lowest BCUT2D eigenvalue weighted by Crippen LogP contribution is -2.18. The van der Waals surface area contributed by atoms with E-state index < -0.39 is 17.8 Å². The molecule has 0 aromatic heterocycles. The van der Waals surface area contributed by atoms with Crippen molar-refractivity contribution in [1.29, 1.82) is 0 Å². The van der Waals surface area contributed by atoms with Crippen molar-refractivity contribution < 1.29 is 17.8 Å². The van der Waals surface area contributed by atoms with Crippen molar-refractivity contribution in [3.05, 3.63) is 0 Å². The molecule has 0 heterocycles. The summed E-state index contributed by atoms with van der Waals surface area (Å²) in [5.41, 5.74) is 0. The Labute approximate surface area is 91.1 Å². The Bertz CT molecular complexity index is 218. The lowest BCUT2D eigenvalue weighted by atomic mass is 10.8. The Morgan fingerprint density at radius 3 is 2.21 bits per heavy atom. The fourth-order valence-electron chi connectivity index (χ4n) is 0.823. The summed E-state index contributed by atoms with van der Waals surface area (Å²) in [4.78, 5) is 0. The van der Waals surface area contributed by atoms with E-state index in [9.17, 15) is 8.77 Å². The molecule has 0 aromatic rings. The molecule has 1 unspecified atom stereocenters. The molecule has 0 rings (SSSR count). The summed E-state index contributed by atoms with van der Waals surface area (Å²) in [5, 5.41) is 0. The van der Waals surface area contributed by atoms with Gasteiger partial charge in [0.25, 0.3) is 0 Å². The van der Waals surface area contributed by atoms with Crippen LogP contribution in [0, 0.1) is 0 Å². The number of halogens is 1. The zero-order chi connectivity index (χ0) is 11.0. The zero-order valence-electron chi connectivity index (χ0n) is 8.19. The molecule has 0 aromatic carbocycles. The number of nitrogens with one attached hydrogen (secondary N) is 1. The van der Waals surface area contributed by atoms with Gasteiger partial charge in [-0.05, 0) is 13.8 Å². The quantitative estimate of drug-likeness (QED) is 0.534. The maximum absolute atomic E-state index is 11.8. The van der Waals surface area contributed by atoms with E-state index in [1.54, 1.807) is 13.8 Å². The summed E-state index contributed by atoms with van der Waals surface area (Å²) in [6, 6.07) is 0. The van der Waals surface area contributed by atoms with E-state index in [2.05, 4.69) is 4.72 Å². The van der Waals surface area contributed by atoms with Crippen LogP contribution in [0.25, 0.3) is 0 Å². The molecule has 0 fully saturated rings. The van der Waals surface area contributed by atoms with Gasteiger partial charge in [0, 0.05) is 17.2 Å².